The molecule has 3 rings (SSSR count). The van der Waals surface area contributed by atoms with Gasteiger partial charge in [0.05, 0.1) is 18.0 Å². The number of carbonyl (C=O) groups is 1. The largest absolute Gasteiger partial charge is 0.492 e. The molecule has 0 saturated heterocycles. The SMILES string of the molecule is CCOc1ccccc1NC(=O)CSc1nnc(-c2csc(CC)c2)n1C. The van der Waals surface area contributed by atoms with Crippen LogP contribution < -0.4 is 10.1 Å². The number of anilines is 1. The molecule has 0 unspecified atom stereocenters. The van der Waals surface area contributed by atoms with Crippen LogP contribution in [0, 0.1) is 0 Å². The van der Waals surface area contributed by atoms with Crippen LogP contribution >= 0.6 is 23.1 Å². The summed E-state index contributed by atoms with van der Waals surface area (Å²) in [5.74, 6) is 1.62. The van der Waals surface area contributed by atoms with Gasteiger partial charge in [0.25, 0.3) is 0 Å². The summed E-state index contributed by atoms with van der Waals surface area (Å²) in [6, 6.07) is 9.56. The Morgan fingerprint density at radius 2 is 2.11 bits per heavy atom. The first kappa shape index (κ1) is 19.4. The zero-order valence-corrected chi connectivity index (χ0v) is 17.2. The molecule has 142 valence electrons. The smallest absolute Gasteiger partial charge is 0.234 e. The van der Waals surface area contributed by atoms with Gasteiger partial charge >= 0.3 is 0 Å². The van der Waals surface area contributed by atoms with E-state index in [-0.39, 0.29) is 11.7 Å². The van der Waals surface area contributed by atoms with Crippen molar-refractivity contribution in [2.45, 2.75) is 25.4 Å². The van der Waals surface area contributed by atoms with Crippen molar-refractivity contribution in [3.63, 3.8) is 0 Å². The van der Waals surface area contributed by atoms with Crippen molar-refractivity contribution < 1.29 is 9.53 Å². The number of aromatic nitrogens is 3. The molecule has 1 aromatic carbocycles. The van der Waals surface area contributed by atoms with Crippen LogP contribution in [0.15, 0.2) is 40.9 Å². The summed E-state index contributed by atoms with van der Waals surface area (Å²) in [6.45, 7) is 4.60. The van der Waals surface area contributed by atoms with Gasteiger partial charge in [-0.15, -0.1) is 21.5 Å². The summed E-state index contributed by atoms with van der Waals surface area (Å²) in [7, 11) is 1.92. The van der Waals surface area contributed by atoms with Crippen molar-refractivity contribution in [2.24, 2.45) is 7.05 Å². The Labute approximate surface area is 167 Å². The molecule has 0 aliphatic rings. The quantitative estimate of drug-likeness (QED) is 0.571. The number of rotatable bonds is 8. The molecule has 27 heavy (non-hydrogen) atoms. The molecule has 0 spiro atoms. The zero-order valence-electron chi connectivity index (χ0n) is 15.6. The van der Waals surface area contributed by atoms with E-state index in [0.717, 1.165) is 17.8 Å². The highest BCUT2D eigenvalue weighted by atomic mass is 32.2. The second kappa shape index (κ2) is 9.05. The van der Waals surface area contributed by atoms with Gasteiger partial charge < -0.3 is 14.6 Å². The van der Waals surface area contributed by atoms with Gasteiger partial charge in [-0.1, -0.05) is 30.8 Å². The lowest BCUT2D eigenvalue weighted by Gasteiger charge is -2.11. The molecule has 2 heterocycles. The minimum absolute atomic E-state index is 0.111. The van der Waals surface area contributed by atoms with Gasteiger partial charge in [-0.05, 0) is 31.5 Å². The number of hydrogen-bond donors (Lipinski definition) is 1. The second-order valence-corrected chi connectivity index (χ2v) is 7.72. The van der Waals surface area contributed by atoms with E-state index >= 15 is 0 Å². The van der Waals surface area contributed by atoms with Gasteiger partial charge in [0.1, 0.15) is 5.75 Å². The van der Waals surface area contributed by atoms with Gasteiger partial charge in [0.2, 0.25) is 5.91 Å². The number of carbonyl (C=O) groups excluding carboxylic acids is 1. The fourth-order valence-corrected chi connectivity index (χ4v) is 4.07. The molecular weight excluding hydrogens is 380 g/mol. The number of thioether (sulfide) groups is 1. The van der Waals surface area contributed by atoms with Crippen molar-refractivity contribution in [1.82, 2.24) is 14.8 Å². The first-order valence-corrected chi connectivity index (χ1v) is 10.6. The van der Waals surface area contributed by atoms with Gasteiger partial charge in [0, 0.05) is 22.9 Å². The average Bonchev–Trinajstić information content (AvgIpc) is 3.28. The third-order valence-corrected chi connectivity index (χ3v) is 5.99. The molecule has 1 amide bonds. The molecule has 0 fully saturated rings. The van der Waals surface area contributed by atoms with Crippen molar-refractivity contribution >= 4 is 34.7 Å². The first-order chi connectivity index (χ1) is 13.1. The summed E-state index contributed by atoms with van der Waals surface area (Å²) in [5.41, 5.74) is 1.74. The third kappa shape index (κ3) is 4.70. The predicted octanol–water partition coefficient (Wildman–Crippen LogP) is 4.24. The van der Waals surface area contributed by atoms with E-state index in [0.29, 0.717) is 23.2 Å². The van der Waals surface area contributed by atoms with Crippen molar-refractivity contribution in [2.75, 3.05) is 17.7 Å². The molecule has 0 aliphatic carbocycles. The molecule has 0 aliphatic heterocycles. The van der Waals surface area contributed by atoms with Crippen LogP contribution in [0.1, 0.15) is 18.7 Å². The molecule has 6 nitrogen and oxygen atoms in total. The monoisotopic (exact) mass is 402 g/mol. The van der Waals surface area contributed by atoms with Crippen molar-refractivity contribution in [3.05, 3.63) is 40.6 Å². The Bertz CT molecular complexity index is 920. The highest BCUT2D eigenvalue weighted by Gasteiger charge is 2.15. The number of ether oxygens (including phenoxy) is 1. The van der Waals surface area contributed by atoms with Crippen LogP contribution in [0.25, 0.3) is 11.4 Å². The predicted molar refractivity (Wildman–Crippen MR) is 111 cm³/mol. The Morgan fingerprint density at radius 3 is 2.85 bits per heavy atom. The number of hydrogen-bond acceptors (Lipinski definition) is 6. The summed E-state index contributed by atoms with van der Waals surface area (Å²) >= 11 is 3.08. The number of thiophene rings is 1. The molecule has 8 heteroatoms. The van der Waals surface area contributed by atoms with Crippen molar-refractivity contribution in [3.8, 4) is 17.1 Å². The van der Waals surface area contributed by atoms with Gasteiger partial charge in [-0.25, -0.2) is 0 Å². The van der Waals surface area contributed by atoms with Crippen LogP contribution in [0.4, 0.5) is 5.69 Å². The number of para-hydroxylation sites is 2. The van der Waals surface area contributed by atoms with Crippen LogP contribution in [-0.2, 0) is 18.3 Å². The zero-order chi connectivity index (χ0) is 19.2. The number of benzene rings is 1. The molecule has 0 bridgehead atoms. The summed E-state index contributed by atoms with van der Waals surface area (Å²) < 4.78 is 7.46. The molecule has 0 atom stereocenters. The average molecular weight is 403 g/mol. The maximum atomic E-state index is 12.3. The van der Waals surface area contributed by atoms with Gasteiger partial charge in [-0.2, -0.15) is 0 Å². The van der Waals surface area contributed by atoms with Crippen LogP contribution in [-0.4, -0.2) is 33.0 Å². The minimum atomic E-state index is -0.111. The van der Waals surface area contributed by atoms with Gasteiger partial charge in [0.15, 0.2) is 11.0 Å². The molecular formula is C19H22N4O2S2. The minimum Gasteiger partial charge on any atom is -0.492 e. The van der Waals surface area contributed by atoms with E-state index in [2.05, 4.69) is 33.9 Å². The number of nitrogens with one attached hydrogen (secondary N) is 1. The molecule has 1 N–H and O–H groups in total. The first-order valence-electron chi connectivity index (χ1n) is 8.74. The lowest BCUT2D eigenvalue weighted by atomic mass is 10.2. The second-order valence-electron chi connectivity index (χ2n) is 5.79. The van der Waals surface area contributed by atoms with E-state index in [1.807, 2.05) is 42.8 Å². The molecule has 0 radical (unpaired) electrons. The Morgan fingerprint density at radius 1 is 1.30 bits per heavy atom. The van der Waals surface area contributed by atoms with E-state index in [1.54, 1.807) is 11.3 Å². The van der Waals surface area contributed by atoms with E-state index in [1.165, 1.54) is 16.6 Å². The van der Waals surface area contributed by atoms with Crippen LogP contribution in [0.3, 0.4) is 0 Å². The standard InChI is InChI=1S/C19H22N4O2S2/c1-4-14-10-13(11-26-14)18-21-22-19(23(18)3)27-12-17(24)20-15-8-6-7-9-16(15)25-5-2/h6-11H,4-5,12H2,1-3H3,(H,20,24). The fourth-order valence-electron chi connectivity index (χ4n) is 2.54. The third-order valence-electron chi connectivity index (χ3n) is 3.89. The summed E-state index contributed by atoms with van der Waals surface area (Å²) in [5, 5.41) is 14.2. The van der Waals surface area contributed by atoms with E-state index in [9.17, 15) is 4.79 Å². The number of amides is 1. The Kier molecular flexibility index (Phi) is 6.52. The highest BCUT2D eigenvalue weighted by Crippen LogP contribution is 2.28. The molecule has 2 aromatic heterocycles. The molecule has 3 aromatic rings. The van der Waals surface area contributed by atoms with Crippen LogP contribution in [0.5, 0.6) is 5.75 Å². The number of aryl methyl sites for hydroxylation is 1. The fraction of sp³-hybridized carbons (Fsp3) is 0.316. The summed E-state index contributed by atoms with van der Waals surface area (Å²) in [6.07, 6.45) is 1.01. The van der Waals surface area contributed by atoms with Gasteiger partial charge in [-0.3, -0.25) is 4.79 Å². The normalized spacial score (nSPS) is 10.8. The van der Waals surface area contributed by atoms with Crippen molar-refractivity contribution in [1.29, 1.82) is 0 Å². The maximum absolute atomic E-state index is 12.3. The topological polar surface area (TPSA) is 69.0 Å². The Balaban J connectivity index is 1.63. The number of nitrogens with zero attached hydrogens (tertiary/aromatic N) is 3. The highest BCUT2D eigenvalue weighted by molar-refractivity contribution is 7.99. The Hall–Kier alpha value is -2.32. The van der Waals surface area contributed by atoms with E-state index < -0.39 is 0 Å². The lowest BCUT2D eigenvalue weighted by molar-refractivity contribution is -0.113. The maximum Gasteiger partial charge on any atom is 0.234 e. The molecule has 0 saturated carbocycles. The lowest BCUT2D eigenvalue weighted by Crippen LogP contribution is -2.15. The van der Waals surface area contributed by atoms with Crippen LogP contribution in [0.2, 0.25) is 0 Å². The van der Waals surface area contributed by atoms with E-state index in [4.69, 9.17) is 4.74 Å². The summed E-state index contributed by atoms with van der Waals surface area (Å²) in [4.78, 5) is 13.6.